The number of hydrogen-bond donors (Lipinski definition) is 0. The molecule has 66 valence electrons. The lowest BCUT2D eigenvalue weighted by molar-refractivity contribution is 0.586. The molecule has 0 unspecified atom stereocenters. The summed E-state index contributed by atoms with van der Waals surface area (Å²) in [5.74, 6) is 0. The minimum atomic E-state index is 1.00. The van der Waals surface area contributed by atoms with Gasteiger partial charge in [-0.15, -0.1) is 0 Å². The second-order valence-corrected chi connectivity index (χ2v) is 4.03. The molecule has 12 heavy (non-hydrogen) atoms. The summed E-state index contributed by atoms with van der Waals surface area (Å²) >= 11 is 3.44. The molecule has 0 aliphatic heterocycles. The van der Waals surface area contributed by atoms with Crippen LogP contribution in [0.25, 0.3) is 0 Å². The van der Waals surface area contributed by atoms with Crippen molar-refractivity contribution in [1.29, 1.82) is 0 Å². The summed E-state index contributed by atoms with van der Waals surface area (Å²) in [4.78, 5) is 0. The molecule has 0 radical (unpaired) electrons. The van der Waals surface area contributed by atoms with Crippen molar-refractivity contribution in [3.8, 4) is 0 Å². The zero-order chi connectivity index (χ0) is 8.39. The fourth-order valence-electron chi connectivity index (χ4n) is 1.83. The third kappa shape index (κ3) is 1.42. The molecule has 0 amide bonds. The van der Waals surface area contributed by atoms with Gasteiger partial charge >= 0.3 is 0 Å². The molecule has 0 N–H and O–H groups in total. The van der Waals surface area contributed by atoms with E-state index in [1.54, 1.807) is 0 Å². The quantitative estimate of drug-likeness (QED) is 0.710. The first-order valence-corrected chi connectivity index (χ1v) is 5.63. The van der Waals surface area contributed by atoms with Crippen LogP contribution in [-0.4, -0.2) is 15.1 Å². The normalized spacial score (nSPS) is 16.1. The molecular weight excluding hydrogens is 216 g/mol. The maximum absolute atomic E-state index is 4.37. The Morgan fingerprint density at radius 2 is 2.25 bits per heavy atom. The van der Waals surface area contributed by atoms with E-state index in [0.29, 0.717) is 0 Å². The summed E-state index contributed by atoms with van der Waals surface area (Å²) in [7, 11) is 0. The van der Waals surface area contributed by atoms with E-state index >= 15 is 0 Å². The summed E-state index contributed by atoms with van der Waals surface area (Å²) in [6, 6.07) is 0. The maximum atomic E-state index is 4.37. The van der Waals surface area contributed by atoms with Gasteiger partial charge in [0.25, 0.3) is 0 Å². The van der Waals surface area contributed by atoms with Crippen LogP contribution in [0.1, 0.15) is 24.1 Å². The topological polar surface area (TPSA) is 17.8 Å². The number of halogens is 1. The Hall–Kier alpha value is -0.310. The Morgan fingerprint density at radius 1 is 1.42 bits per heavy atom. The molecule has 0 aromatic carbocycles. The number of fused-ring (bicyclic) bond motifs is 1. The number of nitrogens with zero attached hydrogens (tertiary/aromatic N) is 2. The number of aromatic nitrogens is 2. The van der Waals surface area contributed by atoms with E-state index in [0.717, 1.165) is 11.9 Å². The molecule has 0 bridgehead atoms. The standard InChI is InChI=1S/C9H13BrN2/c10-5-6-12-9-4-2-1-3-8(9)7-11-12/h7H,1-6H2. The second kappa shape index (κ2) is 3.60. The van der Waals surface area contributed by atoms with Crippen LogP contribution in [-0.2, 0) is 19.4 Å². The molecule has 1 aromatic rings. The molecule has 0 atom stereocenters. The van der Waals surface area contributed by atoms with E-state index in [1.807, 2.05) is 6.20 Å². The predicted molar refractivity (Wildman–Crippen MR) is 52.7 cm³/mol. The van der Waals surface area contributed by atoms with Gasteiger partial charge in [-0.2, -0.15) is 5.10 Å². The van der Waals surface area contributed by atoms with Gasteiger partial charge in [-0.3, -0.25) is 4.68 Å². The second-order valence-electron chi connectivity index (χ2n) is 3.24. The largest absolute Gasteiger partial charge is 0.268 e. The first-order valence-electron chi connectivity index (χ1n) is 4.51. The highest BCUT2D eigenvalue weighted by Crippen LogP contribution is 2.20. The SMILES string of the molecule is BrCCn1ncc2c1CCCC2. The van der Waals surface area contributed by atoms with Crippen molar-refractivity contribution in [2.45, 2.75) is 32.2 Å². The zero-order valence-corrected chi connectivity index (χ0v) is 8.68. The van der Waals surface area contributed by atoms with Gasteiger partial charge in [-0.05, 0) is 31.2 Å². The third-order valence-corrected chi connectivity index (χ3v) is 2.80. The van der Waals surface area contributed by atoms with Crippen LogP contribution >= 0.6 is 15.9 Å². The van der Waals surface area contributed by atoms with Crippen LogP contribution in [0.3, 0.4) is 0 Å². The molecule has 0 fully saturated rings. The summed E-state index contributed by atoms with van der Waals surface area (Å²) in [5.41, 5.74) is 2.95. The highest BCUT2D eigenvalue weighted by atomic mass is 79.9. The van der Waals surface area contributed by atoms with Crippen molar-refractivity contribution in [2.24, 2.45) is 0 Å². The lowest BCUT2D eigenvalue weighted by Gasteiger charge is -2.12. The first-order chi connectivity index (χ1) is 5.92. The number of hydrogen-bond acceptors (Lipinski definition) is 1. The van der Waals surface area contributed by atoms with Gasteiger partial charge in [0.05, 0.1) is 12.7 Å². The Morgan fingerprint density at radius 3 is 3.08 bits per heavy atom. The Labute approximate surface area is 81.1 Å². The van der Waals surface area contributed by atoms with E-state index in [9.17, 15) is 0 Å². The first kappa shape index (κ1) is 8.30. The fraction of sp³-hybridized carbons (Fsp3) is 0.667. The smallest absolute Gasteiger partial charge is 0.0524 e. The summed E-state index contributed by atoms with van der Waals surface area (Å²) < 4.78 is 2.14. The lowest BCUT2D eigenvalue weighted by Crippen LogP contribution is -2.10. The van der Waals surface area contributed by atoms with E-state index in [-0.39, 0.29) is 0 Å². The average molecular weight is 229 g/mol. The summed E-state index contributed by atoms with van der Waals surface area (Å²) in [6.45, 7) is 1.01. The van der Waals surface area contributed by atoms with Crippen LogP contribution < -0.4 is 0 Å². The minimum Gasteiger partial charge on any atom is -0.268 e. The van der Waals surface area contributed by atoms with Crippen LogP contribution in [0.2, 0.25) is 0 Å². The van der Waals surface area contributed by atoms with Gasteiger partial charge in [-0.25, -0.2) is 0 Å². The maximum Gasteiger partial charge on any atom is 0.0524 e. The van der Waals surface area contributed by atoms with Crippen LogP contribution in [0.5, 0.6) is 0 Å². The van der Waals surface area contributed by atoms with Crippen molar-refractivity contribution >= 4 is 15.9 Å². The minimum absolute atomic E-state index is 1.00. The Bertz CT molecular complexity index is 267. The van der Waals surface area contributed by atoms with Gasteiger partial charge in [0.1, 0.15) is 0 Å². The van der Waals surface area contributed by atoms with E-state index in [4.69, 9.17) is 0 Å². The summed E-state index contributed by atoms with van der Waals surface area (Å²) in [6.07, 6.45) is 7.17. The molecule has 0 spiro atoms. The van der Waals surface area contributed by atoms with Gasteiger partial charge in [0.2, 0.25) is 0 Å². The van der Waals surface area contributed by atoms with Crippen LogP contribution in [0.4, 0.5) is 0 Å². The van der Waals surface area contributed by atoms with Gasteiger partial charge in [-0.1, -0.05) is 15.9 Å². The lowest BCUT2D eigenvalue weighted by atomic mass is 9.98. The number of aryl methyl sites for hydroxylation is 2. The number of alkyl halides is 1. The molecule has 1 heterocycles. The summed E-state index contributed by atoms with van der Waals surface area (Å²) in [5, 5.41) is 5.38. The fourth-order valence-corrected chi connectivity index (χ4v) is 2.16. The van der Waals surface area contributed by atoms with Crippen molar-refractivity contribution in [1.82, 2.24) is 9.78 Å². The van der Waals surface area contributed by atoms with E-state index in [2.05, 4.69) is 25.7 Å². The van der Waals surface area contributed by atoms with E-state index < -0.39 is 0 Å². The molecule has 0 saturated carbocycles. The van der Waals surface area contributed by atoms with Crippen LogP contribution in [0, 0.1) is 0 Å². The van der Waals surface area contributed by atoms with Gasteiger partial charge in [0, 0.05) is 11.0 Å². The monoisotopic (exact) mass is 228 g/mol. The van der Waals surface area contributed by atoms with Crippen molar-refractivity contribution in [3.63, 3.8) is 0 Å². The molecule has 0 saturated heterocycles. The van der Waals surface area contributed by atoms with Crippen molar-refractivity contribution in [2.75, 3.05) is 5.33 Å². The average Bonchev–Trinajstić information content (AvgIpc) is 2.50. The molecule has 1 aliphatic rings. The highest BCUT2D eigenvalue weighted by Gasteiger charge is 2.13. The molecule has 1 aliphatic carbocycles. The van der Waals surface area contributed by atoms with E-state index in [1.165, 1.54) is 36.9 Å². The zero-order valence-electron chi connectivity index (χ0n) is 7.09. The van der Waals surface area contributed by atoms with Gasteiger partial charge < -0.3 is 0 Å². The molecule has 3 heteroatoms. The van der Waals surface area contributed by atoms with Crippen molar-refractivity contribution < 1.29 is 0 Å². The van der Waals surface area contributed by atoms with Gasteiger partial charge in [0.15, 0.2) is 0 Å². The van der Waals surface area contributed by atoms with Crippen LogP contribution in [0.15, 0.2) is 6.20 Å². The molecule has 2 rings (SSSR count). The molecule has 2 nitrogen and oxygen atoms in total. The highest BCUT2D eigenvalue weighted by molar-refractivity contribution is 9.09. The molecule has 1 aromatic heterocycles. The Kier molecular flexibility index (Phi) is 2.49. The Balaban J connectivity index is 2.25. The number of rotatable bonds is 2. The molecular formula is C9H13BrN2. The van der Waals surface area contributed by atoms with Crippen molar-refractivity contribution in [3.05, 3.63) is 17.5 Å². The third-order valence-electron chi connectivity index (χ3n) is 2.44. The predicted octanol–water partition coefficient (Wildman–Crippen LogP) is 2.16.